The van der Waals surface area contributed by atoms with E-state index in [2.05, 4.69) is 15.9 Å². The molecule has 0 amide bonds. The normalized spacial score (nSPS) is 12.1. The third kappa shape index (κ3) is 2.65. The van der Waals surface area contributed by atoms with Gasteiger partial charge in [0, 0.05) is 15.6 Å². The molecule has 0 atom stereocenters. The molecule has 0 bridgehead atoms. The molecular formula is C14H16BrNO2. The van der Waals surface area contributed by atoms with Gasteiger partial charge in [-0.1, -0.05) is 15.9 Å². The zero-order valence-corrected chi connectivity index (χ0v) is 12.3. The van der Waals surface area contributed by atoms with Crippen molar-refractivity contribution in [3.05, 3.63) is 44.8 Å². The van der Waals surface area contributed by atoms with Crippen LogP contribution >= 0.6 is 15.9 Å². The molecule has 0 saturated heterocycles. The third-order valence-corrected chi connectivity index (χ3v) is 3.32. The number of fused-ring (bicyclic) bond motifs is 1. The maximum atomic E-state index is 12.4. The molecule has 0 saturated carbocycles. The molecule has 0 aliphatic heterocycles. The summed E-state index contributed by atoms with van der Waals surface area (Å²) in [5, 5.41) is 11.5. The maximum absolute atomic E-state index is 12.4. The molecule has 1 aromatic heterocycles. The Bertz CT molecular complexity index is 653. The van der Waals surface area contributed by atoms with Gasteiger partial charge in [-0.05, 0) is 50.4 Å². The molecule has 0 radical (unpaired) electrons. The average Bonchev–Trinajstić information content (AvgIpc) is 2.22. The molecule has 3 nitrogen and oxygen atoms in total. The van der Waals surface area contributed by atoms with Gasteiger partial charge >= 0.3 is 0 Å². The van der Waals surface area contributed by atoms with Gasteiger partial charge < -0.3 is 9.67 Å². The first kappa shape index (κ1) is 13.3. The van der Waals surface area contributed by atoms with Gasteiger partial charge in [0.1, 0.15) is 0 Å². The zero-order valence-electron chi connectivity index (χ0n) is 10.7. The fraction of sp³-hybridized carbons (Fsp3) is 0.357. The monoisotopic (exact) mass is 309 g/mol. The van der Waals surface area contributed by atoms with Crippen LogP contribution in [0.25, 0.3) is 10.8 Å². The fourth-order valence-corrected chi connectivity index (χ4v) is 2.42. The van der Waals surface area contributed by atoms with Crippen molar-refractivity contribution in [1.29, 1.82) is 0 Å². The van der Waals surface area contributed by atoms with E-state index in [1.807, 2.05) is 31.2 Å². The number of rotatable bonds is 2. The Morgan fingerprint density at radius 3 is 2.61 bits per heavy atom. The van der Waals surface area contributed by atoms with E-state index in [0.717, 1.165) is 15.6 Å². The van der Waals surface area contributed by atoms with Gasteiger partial charge in [-0.25, -0.2) is 0 Å². The van der Waals surface area contributed by atoms with Gasteiger partial charge in [0.15, 0.2) is 0 Å². The maximum Gasteiger partial charge on any atom is 0.258 e. The topological polar surface area (TPSA) is 42.2 Å². The summed E-state index contributed by atoms with van der Waals surface area (Å²) in [6.45, 7) is 5.58. The van der Waals surface area contributed by atoms with E-state index in [1.165, 1.54) is 0 Å². The van der Waals surface area contributed by atoms with E-state index >= 15 is 0 Å². The number of aryl methyl sites for hydroxylation is 1. The van der Waals surface area contributed by atoms with Crippen molar-refractivity contribution in [2.45, 2.75) is 32.9 Å². The molecule has 2 rings (SSSR count). The number of benzene rings is 1. The molecular weight excluding hydrogens is 294 g/mol. The van der Waals surface area contributed by atoms with Gasteiger partial charge in [0.2, 0.25) is 0 Å². The number of hydrogen-bond donors (Lipinski definition) is 1. The van der Waals surface area contributed by atoms with Crippen molar-refractivity contribution < 1.29 is 5.11 Å². The quantitative estimate of drug-likeness (QED) is 0.927. The lowest BCUT2D eigenvalue weighted by atomic mass is 10.1. The second kappa shape index (κ2) is 4.52. The van der Waals surface area contributed by atoms with Crippen LogP contribution in [-0.4, -0.2) is 15.3 Å². The van der Waals surface area contributed by atoms with Gasteiger partial charge in [-0.3, -0.25) is 4.79 Å². The average molecular weight is 310 g/mol. The minimum atomic E-state index is -0.905. The molecule has 1 N–H and O–H groups in total. The van der Waals surface area contributed by atoms with Crippen LogP contribution in [0.2, 0.25) is 0 Å². The molecule has 0 unspecified atom stereocenters. The first-order valence-electron chi connectivity index (χ1n) is 5.80. The standard InChI is InChI=1S/C14H16BrNO2/c1-9-6-10-7-11(15)4-5-12(10)13(17)16(9)8-14(2,3)18/h4-7,18H,8H2,1-3H3. The number of aromatic nitrogens is 1. The van der Waals surface area contributed by atoms with Gasteiger partial charge in [0.05, 0.1) is 12.1 Å². The Balaban J connectivity index is 2.70. The van der Waals surface area contributed by atoms with E-state index < -0.39 is 5.60 Å². The molecule has 0 aliphatic rings. The molecule has 4 heteroatoms. The Hall–Kier alpha value is -1.13. The van der Waals surface area contributed by atoms with E-state index in [9.17, 15) is 9.90 Å². The number of nitrogens with zero attached hydrogens (tertiary/aromatic N) is 1. The van der Waals surface area contributed by atoms with Crippen molar-refractivity contribution in [3.8, 4) is 0 Å². The highest BCUT2D eigenvalue weighted by molar-refractivity contribution is 9.10. The van der Waals surface area contributed by atoms with E-state index in [1.54, 1.807) is 18.4 Å². The number of aliphatic hydroxyl groups is 1. The van der Waals surface area contributed by atoms with E-state index in [-0.39, 0.29) is 5.56 Å². The largest absolute Gasteiger partial charge is 0.389 e. The second-order valence-electron chi connectivity index (χ2n) is 5.22. The summed E-state index contributed by atoms with van der Waals surface area (Å²) < 4.78 is 2.57. The van der Waals surface area contributed by atoms with Crippen molar-refractivity contribution in [3.63, 3.8) is 0 Å². The third-order valence-electron chi connectivity index (χ3n) is 2.82. The predicted molar refractivity (Wildman–Crippen MR) is 76.9 cm³/mol. The summed E-state index contributed by atoms with van der Waals surface area (Å²) in [4.78, 5) is 12.4. The Labute approximate surface area is 114 Å². The van der Waals surface area contributed by atoms with Crippen LogP contribution in [0.4, 0.5) is 0 Å². The number of halogens is 1. The van der Waals surface area contributed by atoms with E-state index in [0.29, 0.717) is 11.9 Å². The van der Waals surface area contributed by atoms with Gasteiger partial charge in [0.25, 0.3) is 5.56 Å². The highest BCUT2D eigenvalue weighted by Gasteiger charge is 2.16. The summed E-state index contributed by atoms with van der Waals surface area (Å²) in [5.74, 6) is 0. The lowest BCUT2D eigenvalue weighted by Crippen LogP contribution is -2.33. The van der Waals surface area contributed by atoms with Crippen molar-refractivity contribution in [1.82, 2.24) is 4.57 Å². The molecule has 2 aromatic rings. The van der Waals surface area contributed by atoms with Gasteiger partial charge in [-0.15, -0.1) is 0 Å². The van der Waals surface area contributed by atoms with Crippen LogP contribution in [0, 0.1) is 6.92 Å². The predicted octanol–water partition coefficient (Wildman–Crippen LogP) is 2.84. The highest BCUT2D eigenvalue weighted by Crippen LogP contribution is 2.19. The lowest BCUT2D eigenvalue weighted by molar-refractivity contribution is 0.0600. The fourth-order valence-electron chi connectivity index (χ4n) is 2.04. The number of pyridine rings is 1. The Morgan fingerprint density at radius 1 is 1.33 bits per heavy atom. The molecule has 0 fully saturated rings. The van der Waals surface area contributed by atoms with Crippen LogP contribution in [0.5, 0.6) is 0 Å². The van der Waals surface area contributed by atoms with Crippen LogP contribution in [0.3, 0.4) is 0 Å². The van der Waals surface area contributed by atoms with Crippen LogP contribution in [0.1, 0.15) is 19.5 Å². The summed E-state index contributed by atoms with van der Waals surface area (Å²) in [6, 6.07) is 7.56. The molecule has 1 heterocycles. The van der Waals surface area contributed by atoms with E-state index in [4.69, 9.17) is 0 Å². The molecule has 0 spiro atoms. The summed E-state index contributed by atoms with van der Waals surface area (Å²) in [5.41, 5.74) is -0.107. The molecule has 1 aromatic carbocycles. The first-order valence-corrected chi connectivity index (χ1v) is 6.59. The Kier molecular flexibility index (Phi) is 3.34. The zero-order chi connectivity index (χ0) is 13.5. The van der Waals surface area contributed by atoms with Crippen LogP contribution in [0.15, 0.2) is 33.5 Å². The van der Waals surface area contributed by atoms with Crippen molar-refractivity contribution >= 4 is 26.7 Å². The molecule has 18 heavy (non-hydrogen) atoms. The van der Waals surface area contributed by atoms with Gasteiger partial charge in [-0.2, -0.15) is 0 Å². The smallest absolute Gasteiger partial charge is 0.258 e. The molecule has 0 aliphatic carbocycles. The second-order valence-corrected chi connectivity index (χ2v) is 6.14. The SMILES string of the molecule is Cc1cc2cc(Br)ccc2c(=O)n1CC(C)(C)O. The van der Waals surface area contributed by atoms with Crippen molar-refractivity contribution in [2.24, 2.45) is 0 Å². The summed E-state index contributed by atoms with van der Waals surface area (Å²) >= 11 is 3.40. The van der Waals surface area contributed by atoms with Crippen molar-refractivity contribution in [2.75, 3.05) is 0 Å². The number of hydrogen-bond acceptors (Lipinski definition) is 2. The lowest BCUT2D eigenvalue weighted by Gasteiger charge is -2.21. The van der Waals surface area contributed by atoms with Crippen LogP contribution in [-0.2, 0) is 6.54 Å². The highest BCUT2D eigenvalue weighted by atomic mass is 79.9. The summed E-state index contributed by atoms with van der Waals surface area (Å²) in [7, 11) is 0. The minimum absolute atomic E-state index is 0.0559. The van der Waals surface area contributed by atoms with Crippen LogP contribution < -0.4 is 5.56 Å². The molecule has 96 valence electrons. The minimum Gasteiger partial charge on any atom is -0.389 e. The first-order chi connectivity index (χ1) is 8.28. The Morgan fingerprint density at radius 2 is 2.00 bits per heavy atom. The summed E-state index contributed by atoms with van der Waals surface area (Å²) in [6.07, 6.45) is 0.